The number of rotatable bonds is 7. The Hall–Kier alpha value is -0.980. The summed E-state index contributed by atoms with van der Waals surface area (Å²) in [6.07, 6.45) is 1.55. The number of hydrogen-bond acceptors (Lipinski definition) is 6. The molecule has 0 atom stereocenters. The van der Waals surface area contributed by atoms with Crippen molar-refractivity contribution >= 4 is 0 Å². The van der Waals surface area contributed by atoms with E-state index < -0.39 is 5.60 Å². The zero-order valence-electron chi connectivity index (χ0n) is 12.6. The molecule has 1 aromatic rings. The van der Waals surface area contributed by atoms with Crippen LogP contribution in [0.1, 0.15) is 45.3 Å². The molecule has 1 aromatic heterocycles. The summed E-state index contributed by atoms with van der Waals surface area (Å²) in [5.41, 5.74) is -0.438. The first kappa shape index (κ1) is 15.4. The number of nitrogens with one attached hydrogen (secondary N) is 1. The molecule has 1 aliphatic heterocycles. The van der Waals surface area contributed by atoms with Crippen LogP contribution >= 0.6 is 0 Å². The standard InChI is InChI=1S/C14H25N3O3/c1-4-19-14(5-7-18-8-6-14)13-16-12(20-17-13)10-15-9-11(2)3/h11,15H,4-10H2,1-3H3. The van der Waals surface area contributed by atoms with Crippen molar-refractivity contribution in [3.05, 3.63) is 11.7 Å². The van der Waals surface area contributed by atoms with E-state index in [9.17, 15) is 0 Å². The lowest BCUT2D eigenvalue weighted by Gasteiger charge is -2.33. The summed E-state index contributed by atoms with van der Waals surface area (Å²) in [6.45, 7) is 9.84. The van der Waals surface area contributed by atoms with Crippen molar-refractivity contribution in [2.24, 2.45) is 5.92 Å². The molecule has 1 fully saturated rings. The van der Waals surface area contributed by atoms with E-state index in [1.54, 1.807) is 0 Å². The van der Waals surface area contributed by atoms with Crippen LogP contribution in [0.15, 0.2) is 4.52 Å². The van der Waals surface area contributed by atoms with Gasteiger partial charge in [-0.25, -0.2) is 0 Å². The SMILES string of the molecule is CCOC1(c2noc(CNCC(C)C)n2)CCOCC1. The highest BCUT2D eigenvalue weighted by Gasteiger charge is 2.39. The van der Waals surface area contributed by atoms with Gasteiger partial charge in [-0.3, -0.25) is 0 Å². The van der Waals surface area contributed by atoms with Gasteiger partial charge in [0.05, 0.1) is 6.54 Å². The van der Waals surface area contributed by atoms with Gasteiger partial charge in [0.1, 0.15) is 5.60 Å². The van der Waals surface area contributed by atoms with Gasteiger partial charge in [0.15, 0.2) is 0 Å². The normalized spacial score (nSPS) is 18.6. The van der Waals surface area contributed by atoms with Crippen molar-refractivity contribution in [2.75, 3.05) is 26.4 Å². The van der Waals surface area contributed by atoms with E-state index in [0.29, 0.717) is 44.0 Å². The van der Waals surface area contributed by atoms with Crippen LogP contribution in [-0.2, 0) is 21.6 Å². The van der Waals surface area contributed by atoms with Crippen molar-refractivity contribution in [3.63, 3.8) is 0 Å². The van der Waals surface area contributed by atoms with Gasteiger partial charge >= 0.3 is 0 Å². The summed E-state index contributed by atoms with van der Waals surface area (Å²) in [6, 6.07) is 0. The van der Waals surface area contributed by atoms with Crippen LogP contribution in [-0.4, -0.2) is 36.5 Å². The first-order valence-electron chi connectivity index (χ1n) is 7.42. The molecule has 0 radical (unpaired) electrons. The third-order valence-electron chi connectivity index (χ3n) is 3.43. The molecular weight excluding hydrogens is 258 g/mol. The lowest BCUT2D eigenvalue weighted by atomic mass is 9.93. The minimum atomic E-state index is -0.438. The Morgan fingerprint density at radius 2 is 2.10 bits per heavy atom. The van der Waals surface area contributed by atoms with Crippen molar-refractivity contribution < 1.29 is 14.0 Å². The van der Waals surface area contributed by atoms with Crippen molar-refractivity contribution in [2.45, 2.75) is 45.8 Å². The average Bonchev–Trinajstić information content (AvgIpc) is 2.89. The summed E-state index contributed by atoms with van der Waals surface area (Å²) in [5.74, 6) is 1.87. The molecule has 0 bridgehead atoms. The molecule has 1 N–H and O–H groups in total. The van der Waals surface area contributed by atoms with E-state index in [-0.39, 0.29) is 0 Å². The van der Waals surface area contributed by atoms with Gasteiger partial charge in [-0.15, -0.1) is 0 Å². The molecule has 0 unspecified atom stereocenters. The maximum Gasteiger partial charge on any atom is 0.240 e. The Labute approximate surface area is 120 Å². The molecule has 2 heterocycles. The molecule has 20 heavy (non-hydrogen) atoms. The van der Waals surface area contributed by atoms with E-state index in [0.717, 1.165) is 19.4 Å². The minimum Gasteiger partial charge on any atom is -0.381 e. The first-order valence-corrected chi connectivity index (χ1v) is 7.42. The number of ether oxygens (including phenoxy) is 2. The van der Waals surface area contributed by atoms with Gasteiger partial charge in [-0.1, -0.05) is 19.0 Å². The zero-order chi connectivity index (χ0) is 14.4. The van der Waals surface area contributed by atoms with Crippen molar-refractivity contribution in [3.8, 4) is 0 Å². The fourth-order valence-electron chi connectivity index (χ4n) is 2.39. The molecule has 1 saturated heterocycles. The largest absolute Gasteiger partial charge is 0.381 e. The predicted octanol–water partition coefficient (Wildman–Crippen LogP) is 1.86. The molecule has 2 rings (SSSR count). The van der Waals surface area contributed by atoms with Crippen LogP contribution in [0.3, 0.4) is 0 Å². The number of aromatic nitrogens is 2. The molecule has 114 valence electrons. The van der Waals surface area contributed by atoms with Crippen LogP contribution in [0.4, 0.5) is 0 Å². The molecule has 0 saturated carbocycles. The third-order valence-corrected chi connectivity index (χ3v) is 3.43. The van der Waals surface area contributed by atoms with Gasteiger partial charge in [-0.2, -0.15) is 4.98 Å². The summed E-state index contributed by atoms with van der Waals surface area (Å²) in [5, 5.41) is 7.42. The van der Waals surface area contributed by atoms with Crippen LogP contribution in [0.25, 0.3) is 0 Å². The summed E-state index contributed by atoms with van der Waals surface area (Å²) >= 11 is 0. The van der Waals surface area contributed by atoms with Gasteiger partial charge in [0.25, 0.3) is 0 Å². The van der Waals surface area contributed by atoms with Gasteiger partial charge in [0.2, 0.25) is 11.7 Å². The third kappa shape index (κ3) is 3.77. The molecule has 0 aromatic carbocycles. The van der Waals surface area contributed by atoms with E-state index in [1.807, 2.05) is 6.92 Å². The van der Waals surface area contributed by atoms with Crippen LogP contribution in [0, 0.1) is 5.92 Å². The molecule has 6 nitrogen and oxygen atoms in total. The van der Waals surface area contributed by atoms with Crippen LogP contribution < -0.4 is 5.32 Å². The Morgan fingerprint density at radius 3 is 2.75 bits per heavy atom. The Morgan fingerprint density at radius 1 is 1.35 bits per heavy atom. The van der Waals surface area contributed by atoms with Crippen LogP contribution in [0.2, 0.25) is 0 Å². The minimum absolute atomic E-state index is 0.438. The van der Waals surface area contributed by atoms with E-state index in [4.69, 9.17) is 14.0 Å². The van der Waals surface area contributed by atoms with E-state index >= 15 is 0 Å². The van der Waals surface area contributed by atoms with Crippen molar-refractivity contribution in [1.82, 2.24) is 15.5 Å². The molecule has 0 aliphatic carbocycles. The lowest BCUT2D eigenvalue weighted by Crippen LogP contribution is -2.37. The highest BCUT2D eigenvalue weighted by Crippen LogP contribution is 2.34. The smallest absolute Gasteiger partial charge is 0.240 e. The maximum absolute atomic E-state index is 5.93. The average molecular weight is 283 g/mol. The fourth-order valence-corrected chi connectivity index (χ4v) is 2.39. The Bertz CT molecular complexity index is 395. The van der Waals surface area contributed by atoms with Gasteiger partial charge in [-0.05, 0) is 19.4 Å². The molecule has 1 aliphatic rings. The number of hydrogen-bond donors (Lipinski definition) is 1. The fraction of sp³-hybridized carbons (Fsp3) is 0.857. The Balaban J connectivity index is 2.01. The summed E-state index contributed by atoms with van der Waals surface area (Å²) in [7, 11) is 0. The van der Waals surface area contributed by atoms with Gasteiger partial charge in [0, 0.05) is 32.7 Å². The Kier molecular flexibility index (Phi) is 5.51. The predicted molar refractivity (Wildman–Crippen MR) is 74.2 cm³/mol. The van der Waals surface area contributed by atoms with Crippen molar-refractivity contribution in [1.29, 1.82) is 0 Å². The quantitative estimate of drug-likeness (QED) is 0.823. The summed E-state index contributed by atoms with van der Waals surface area (Å²) in [4.78, 5) is 4.50. The topological polar surface area (TPSA) is 69.4 Å². The zero-order valence-corrected chi connectivity index (χ0v) is 12.6. The second-order valence-corrected chi connectivity index (χ2v) is 5.58. The summed E-state index contributed by atoms with van der Waals surface area (Å²) < 4.78 is 16.7. The van der Waals surface area contributed by atoms with Crippen LogP contribution in [0.5, 0.6) is 0 Å². The van der Waals surface area contributed by atoms with E-state index in [1.165, 1.54) is 0 Å². The lowest BCUT2D eigenvalue weighted by molar-refractivity contribution is -0.118. The monoisotopic (exact) mass is 283 g/mol. The second-order valence-electron chi connectivity index (χ2n) is 5.58. The highest BCUT2D eigenvalue weighted by atomic mass is 16.5. The molecule has 0 spiro atoms. The van der Waals surface area contributed by atoms with Gasteiger partial charge < -0.3 is 19.3 Å². The highest BCUT2D eigenvalue weighted by molar-refractivity contribution is 5.03. The van der Waals surface area contributed by atoms with E-state index in [2.05, 4.69) is 29.3 Å². The number of nitrogens with zero attached hydrogens (tertiary/aromatic N) is 2. The first-order chi connectivity index (χ1) is 9.66. The molecular formula is C14H25N3O3. The second kappa shape index (κ2) is 7.15. The molecule has 0 amide bonds. The molecule has 6 heteroatoms. The maximum atomic E-state index is 5.93.